The summed E-state index contributed by atoms with van der Waals surface area (Å²) in [5, 5.41) is 11.0. The number of imide groups is 1. The molecule has 0 unspecified atom stereocenters. The highest BCUT2D eigenvalue weighted by atomic mass is 35.5. The molecule has 0 bridgehead atoms. The second kappa shape index (κ2) is 7.55. The summed E-state index contributed by atoms with van der Waals surface area (Å²) >= 11 is 6.71. The quantitative estimate of drug-likeness (QED) is 0.417. The maximum atomic E-state index is 12.5. The summed E-state index contributed by atoms with van der Waals surface area (Å²) in [4.78, 5) is 36.4. The smallest absolute Gasteiger partial charge is 0.268 e. The van der Waals surface area contributed by atoms with Crippen molar-refractivity contribution in [3.05, 3.63) is 86.3 Å². The van der Waals surface area contributed by atoms with Crippen molar-refractivity contribution < 1.29 is 14.5 Å². The van der Waals surface area contributed by atoms with Crippen molar-refractivity contribution in [1.29, 1.82) is 0 Å². The van der Waals surface area contributed by atoms with Gasteiger partial charge >= 0.3 is 0 Å². The number of benzene rings is 2. The van der Waals surface area contributed by atoms with E-state index in [1.807, 2.05) is 0 Å². The van der Waals surface area contributed by atoms with E-state index in [2.05, 4.69) is 0 Å². The van der Waals surface area contributed by atoms with Gasteiger partial charge < -0.3 is 0 Å². The van der Waals surface area contributed by atoms with Gasteiger partial charge in [0.15, 0.2) is 0 Å². The van der Waals surface area contributed by atoms with E-state index in [-0.39, 0.29) is 10.6 Å². The molecular formula is C18H11ClN2O4S. The monoisotopic (exact) mass is 386 g/mol. The van der Waals surface area contributed by atoms with E-state index >= 15 is 0 Å². The average Bonchev–Trinajstić information content (AvgIpc) is 2.89. The number of anilines is 1. The van der Waals surface area contributed by atoms with E-state index < -0.39 is 16.1 Å². The lowest BCUT2D eigenvalue weighted by atomic mass is 10.1. The highest BCUT2D eigenvalue weighted by Crippen LogP contribution is 2.35. The Balaban J connectivity index is 1.84. The molecule has 0 saturated carbocycles. The number of carbonyl (C=O) groups excluding carboxylic acids is 2. The Bertz CT molecular complexity index is 971. The molecule has 3 rings (SSSR count). The summed E-state index contributed by atoms with van der Waals surface area (Å²) in [6.45, 7) is 0. The first-order chi connectivity index (χ1) is 12.5. The zero-order valence-corrected chi connectivity index (χ0v) is 14.7. The second-order valence-electron chi connectivity index (χ2n) is 5.19. The minimum Gasteiger partial charge on any atom is -0.268 e. The summed E-state index contributed by atoms with van der Waals surface area (Å²) in [7, 11) is 0. The van der Waals surface area contributed by atoms with Gasteiger partial charge in [-0.2, -0.15) is 0 Å². The number of hydrogen-bond donors (Lipinski definition) is 0. The molecular weight excluding hydrogens is 376 g/mol. The molecule has 130 valence electrons. The van der Waals surface area contributed by atoms with Gasteiger partial charge in [-0.3, -0.25) is 19.7 Å². The van der Waals surface area contributed by atoms with Crippen LogP contribution in [0.5, 0.6) is 0 Å². The van der Waals surface area contributed by atoms with Crippen molar-refractivity contribution in [3.63, 3.8) is 0 Å². The number of thioether (sulfide) groups is 1. The van der Waals surface area contributed by atoms with Crippen molar-refractivity contribution >= 4 is 52.0 Å². The SMILES string of the molecule is O=C1S/C(=C\C=C\c2ccccc2[N+](=O)[O-])C(=O)N1c1cccc(Cl)c1. The maximum Gasteiger partial charge on any atom is 0.298 e. The Morgan fingerprint density at radius 3 is 2.62 bits per heavy atom. The fourth-order valence-corrected chi connectivity index (χ4v) is 3.33. The van der Waals surface area contributed by atoms with Gasteiger partial charge in [0.1, 0.15) is 0 Å². The number of nitro groups is 1. The zero-order chi connectivity index (χ0) is 18.7. The molecule has 0 spiro atoms. The predicted octanol–water partition coefficient (Wildman–Crippen LogP) is 5.05. The molecule has 0 aliphatic carbocycles. The highest BCUT2D eigenvalue weighted by molar-refractivity contribution is 8.18. The summed E-state index contributed by atoms with van der Waals surface area (Å²) in [5.74, 6) is -0.463. The van der Waals surface area contributed by atoms with Gasteiger partial charge in [-0.25, -0.2) is 4.90 Å². The van der Waals surface area contributed by atoms with E-state index in [1.54, 1.807) is 36.4 Å². The molecule has 0 N–H and O–H groups in total. The molecule has 1 fully saturated rings. The van der Waals surface area contributed by atoms with Crippen molar-refractivity contribution in [3.8, 4) is 0 Å². The third-order valence-corrected chi connectivity index (χ3v) is 4.64. The maximum absolute atomic E-state index is 12.5. The Kier molecular flexibility index (Phi) is 5.20. The number of para-hydroxylation sites is 1. The fraction of sp³-hybridized carbons (Fsp3) is 0. The van der Waals surface area contributed by atoms with Crippen molar-refractivity contribution in [2.24, 2.45) is 0 Å². The van der Waals surface area contributed by atoms with Gasteiger partial charge in [-0.1, -0.05) is 35.9 Å². The molecule has 6 nitrogen and oxygen atoms in total. The third-order valence-electron chi connectivity index (χ3n) is 3.52. The number of nitrogens with zero attached hydrogens (tertiary/aromatic N) is 2. The van der Waals surface area contributed by atoms with E-state index in [0.717, 1.165) is 16.7 Å². The molecule has 8 heteroatoms. The standard InChI is InChI=1S/C18H11ClN2O4S/c19-13-7-4-8-14(11-13)20-17(22)16(26-18(20)23)10-3-6-12-5-1-2-9-15(12)21(24)25/h1-11H/b6-3+,16-10-. The van der Waals surface area contributed by atoms with Crippen LogP contribution in [0.25, 0.3) is 6.08 Å². The van der Waals surface area contributed by atoms with Crippen LogP contribution in [-0.4, -0.2) is 16.1 Å². The van der Waals surface area contributed by atoms with Gasteiger partial charge in [0.2, 0.25) is 0 Å². The normalized spacial score (nSPS) is 16.0. The lowest BCUT2D eigenvalue weighted by molar-refractivity contribution is -0.385. The number of nitro benzene ring substituents is 1. The number of halogens is 1. The first kappa shape index (κ1) is 17.9. The molecule has 0 aromatic heterocycles. The summed E-state index contributed by atoms with van der Waals surface area (Å²) in [5.41, 5.74) is 0.762. The molecule has 1 heterocycles. The van der Waals surface area contributed by atoms with E-state index in [0.29, 0.717) is 16.3 Å². The van der Waals surface area contributed by atoms with E-state index in [4.69, 9.17) is 11.6 Å². The number of rotatable bonds is 4. The van der Waals surface area contributed by atoms with Crippen LogP contribution in [-0.2, 0) is 4.79 Å². The molecule has 0 atom stereocenters. The van der Waals surface area contributed by atoms with Crippen LogP contribution in [0.2, 0.25) is 5.02 Å². The van der Waals surface area contributed by atoms with Gasteiger partial charge in [-0.05, 0) is 48.2 Å². The number of amides is 2. The molecule has 26 heavy (non-hydrogen) atoms. The summed E-state index contributed by atoms with van der Waals surface area (Å²) < 4.78 is 0. The van der Waals surface area contributed by atoms with Gasteiger partial charge in [0, 0.05) is 11.1 Å². The van der Waals surface area contributed by atoms with Gasteiger partial charge in [0.05, 0.1) is 21.1 Å². The first-order valence-electron chi connectivity index (χ1n) is 7.41. The van der Waals surface area contributed by atoms with Crippen LogP contribution < -0.4 is 4.90 Å². The van der Waals surface area contributed by atoms with Crippen LogP contribution in [0.4, 0.5) is 16.2 Å². The molecule has 2 aromatic carbocycles. The molecule has 0 radical (unpaired) electrons. The average molecular weight is 387 g/mol. The fourth-order valence-electron chi connectivity index (χ4n) is 2.35. The largest absolute Gasteiger partial charge is 0.298 e. The lowest BCUT2D eigenvalue weighted by Gasteiger charge is -2.12. The topological polar surface area (TPSA) is 80.5 Å². The third kappa shape index (κ3) is 3.68. The minimum absolute atomic E-state index is 0.0378. The number of allylic oxidation sites excluding steroid dienone is 2. The lowest BCUT2D eigenvalue weighted by Crippen LogP contribution is -2.27. The van der Waals surface area contributed by atoms with E-state index in [1.165, 1.54) is 30.4 Å². The van der Waals surface area contributed by atoms with Crippen molar-refractivity contribution in [2.75, 3.05) is 4.90 Å². The van der Waals surface area contributed by atoms with Crippen LogP contribution >= 0.6 is 23.4 Å². The minimum atomic E-state index is -0.479. The first-order valence-corrected chi connectivity index (χ1v) is 8.60. The van der Waals surface area contributed by atoms with Crippen LogP contribution in [0, 0.1) is 10.1 Å². The van der Waals surface area contributed by atoms with Crippen molar-refractivity contribution in [2.45, 2.75) is 0 Å². The van der Waals surface area contributed by atoms with Gasteiger partial charge in [-0.15, -0.1) is 0 Å². The number of carbonyl (C=O) groups is 2. The molecule has 1 saturated heterocycles. The Morgan fingerprint density at radius 2 is 1.88 bits per heavy atom. The molecule has 1 aliphatic rings. The summed E-state index contributed by atoms with van der Waals surface area (Å²) in [6.07, 6.45) is 4.50. The Labute approximate surface area is 157 Å². The molecule has 2 aromatic rings. The molecule has 1 aliphatic heterocycles. The zero-order valence-electron chi connectivity index (χ0n) is 13.2. The summed E-state index contributed by atoms with van der Waals surface area (Å²) in [6, 6.07) is 12.7. The van der Waals surface area contributed by atoms with Crippen LogP contribution in [0.15, 0.2) is 65.6 Å². The number of hydrogen-bond acceptors (Lipinski definition) is 5. The van der Waals surface area contributed by atoms with E-state index in [9.17, 15) is 19.7 Å². The van der Waals surface area contributed by atoms with Crippen LogP contribution in [0.3, 0.4) is 0 Å². The second-order valence-corrected chi connectivity index (χ2v) is 6.62. The Morgan fingerprint density at radius 1 is 1.12 bits per heavy atom. The van der Waals surface area contributed by atoms with Crippen molar-refractivity contribution in [1.82, 2.24) is 0 Å². The van der Waals surface area contributed by atoms with Crippen LogP contribution in [0.1, 0.15) is 5.56 Å². The molecule has 2 amide bonds. The predicted molar refractivity (Wildman–Crippen MR) is 102 cm³/mol. The Hall–Kier alpha value is -2.90. The van der Waals surface area contributed by atoms with Gasteiger partial charge in [0.25, 0.3) is 16.8 Å². The highest BCUT2D eigenvalue weighted by Gasteiger charge is 2.35.